The van der Waals surface area contributed by atoms with Crippen LogP contribution in [0.15, 0.2) is 66.9 Å². The summed E-state index contributed by atoms with van der Waals surface area (Å²) in [6, 6.07) is 19.9. The lowest BCUT2D eigenvalue weighted by atomic mass is 10.1. The van der Waals surface area contributed by atoms with E-state index in [-0.39, 0.29) is 12.7 Å². The molecule has 6 rings (SSSR count). The fourth-order valence-electron chi connectivity index (χ4n) is 5.51. The van der Waals surface area contributed by atoms with Crippen LogP contribution in [0, 0.1) is 3.57 Å². The van der Waals surface area contributed by atoms with Gasteiger partial charge in [0.1, 0.15) is 0 Å². The molecular formula is C32H33IN4O5. The van der Waals surface area contributed by atoms with Crippen LogP contribution in [0.3, 0.4) is 0 Å². The fourth-order valence-corrected chi connectivity index (χ4v) is 6.17. The van der Waals surface area contributed by atoms with E-state index in [2.05, 4.69) is 67.7 Å². The molecule has 3 heterocycles. The van der Waals surface area contributed by atoms with Gasteiger partial charge in [0, 0.05) is 67.0 Å². The second-order valence-corrected chi connectivity index (χ2v) is 11.5. The van der Waals surface area contributed by atoms with Gasteiger partial charge in [-0.3, -0.25) is 19.6 Å². The van der Waals surface area contributed by atoms with Gasteiger partial charge in [-0.05, 0) is 52.4 Å². The Hall–Kier alpha value is -3.61. The molecule has 218 valence electrons. The van der Waals surface area contributed by atoms with Crippen molar-refractivity contribution in [3.8, 4) is 23.0 Å². The number of nitrogens with zero attached hydrogens (tertiary/aromatic N) is 4. The molecule has 0 atom stereocenters. The van der Waals surface area contributed by atoms with Crippen LogP contribution in [0.25, 0.3) is 10.9 Å². The van der Waals surface area contributed by atoms with Gasteiger partial charge in [-0.1, -0.05) is 30.3 Å². The van der Waals surface area contributed by atoms with Crippen molar-refractivity contribution in [3.05, 3.63) is 81.6 Å². The van der Waals surface area contributed by atoms with Crippen LogP contribution in [0.4, 0.5) is 5.69 Å². The van der Waals surface area contributed by atoms with Gasteiger partial charge in [-0.25, -0.2) is 0 Å². The number of hydrogen-bond acceptors (Lipinski definition) is 8. The summed E-state index contributed by atoms with van der Waals surface area (Å²) >= 11 is 2.19. The Morgan fingerprint density at radius 3 is 2.36 bits per heavy atom. The lowest BCUT2D eigenvalue weighted by molar-refractivity contribution is 0.0972. The Bertz CT molecular complexity index is 1580. The minimum absolute atomic E-state index is 0.117. The summed E-state index contributed by atoms with van der Waals surface area (Å²) in [4.78, 5) is 25.7. The van der Waals surface area contributed by atoms with Gasteiger partial charge in [0.15, 0.2) is 23.0 Å². The molecule has 0 radical (unpaired) electrons. The first-order valence-electron chi connectivity index (χ1n) is 13.9. The van der Waals surface area contributed by atoms with E-state index in [0.717, 1.165) is 59.4 Å². The molecule has 1 amide bonds. The zero-order valence-corrected chi connectivity index (χ0v) is 25.9. The summed E-state index contributed by atoms with van der Waals surface area (Å²) in [7, 11) is 3.17. The Labute approximate surface area is 259 Å². The number of amides is 1. The van der Waals surface area contributed by atoms with Crippen molar-refractivity contribution in [3.63, 3.8) is 0 Å². The van der Waals surface area contributed by atoms with E-state index in [1.165, 1.54) is 5.56 Å². The third kappa shape index (κ3) is 5.97. The number of fused-ring (bicyclic) bond motifs is 2. The van der Waals surface area contributed by atoms with Gasteiger partial charge in [0.05, 0.1) is 31.0 Å². The van der Waals surface area contributed by atoms with E-state index in [9.17, 15) is 4.79 Å². The highest BCUT2D eigenvalue weighted by atomic mass is 127. The molecule has 1 saturated heterocycles. The molecule has 42 heavy (non-hydrogen) atoms. The van der Waals surface area contributed by atoms with Crippen molar-refractivity contribution in [1.29, 1.82) is 0 Å². The average molecular weight is 681 g/mol. The maximum absolute atomic E-state index is 14.4. The maximum atomic E-state index is 14.4. The van der Waals surface area contributed by atoms with Gasteiger partial charge < -0.3 is 23.8 Å². The zero-order chi connectivity index (χ0) is 29.1. The number of rotatable bonds is 9. The number of pyridine rings is 1. The SMILES string of the molecule is COc1cc(I)c(C(=O)N(CCN2CCN(Cc3ccccc3)CC2)c2ccnc3cc4c(cc23)OCO4)cc1OC. The number of anilines is 1. The Balaban J connectivity index is 1.27. The van der Waals surface area contributed by atoms with Crippen molar-refractivity contribution < 1.29 is 23.7 Å². The first-order valence-corrected chi connectivity index (χ1v) is 15.0. The molecule has 1 fully saturated rings. The Kier molecular flexibility index (Phi) is 8.63. The van der Waals surface area contributed by atoms with Crippen molar-refractivity contribution in [2.75, 3.05) is 65.2 Å². The van der Waals surface area contributed by atoms with Crippen LogP contribution in [0.5, 0.6) is 23.0 Å². The van der Waals surface area contributed by atoms with Crippen LogP contribution in [-0.2, 0) is 6.54 Å². The highest BCUT2D eigenvalue weighted by Crippen LogP contribution is 2.39. The van der Waals surface area contributed by atoms with Crippen molar-refractivity contribution in [2.45, 2.75) is 6.54 Å². The Morgan fingerprint density at radius 1 is 0.929 bits per heavy atom. The monoisotopic (exact) mass is 680 g/mol. The second-order valence-electron chi connectivity index (χ2n) is 10.3. The lowest BCUT2D eigenvalue weighted by Gasteiger charge is -2.36. The molecule has 0 aliphatic carbocycles. The number of ether oxygens (including phenoxy) is 4. The number of halogens is 1. The molecule has 10 heteroatoms. The van der Waals surface area contributed by atoms with Crippen molar-refractivity contribution >= 4 is 45.1 Å². The summed E-state index contributed by atoms with van der Waals surface area (Å²) in [5, 5.41) is 0.832. The molecule has 0 bridgehead atoms. The zero-order valence-electron chi connectivity index (χ0n) is 23.7. The molecule has 4 aromatic rings. The van der Waals surface area contributed by atoms with Gasteiger partial charge in [-0.15, -0.1) is 0 Å². The van der Waals surface area contributed by atoms with E-state index in [0.29, 0.717) is 35.1 Å². The van der Waals surface area contributed by atoms with E-state index >= 15 is 0 Å². The van der Waals surface area contributed by atoms with Crippen molar-refractivity contribution in [2.24, 2.45) is 0 Å². The smallest absolute Gasteiger partial charge is 0.259 e. The van der Waals surface area contributed by atoms with Crippen LogP contribution in [0.1, 0.15) is 15.9 Å². The fraction of sp³-hybridized carbons (Fsp3) is 0.312. The number of aromatic nitrogens is 1. The summed E-state index contributed by atoms with van der Waals surface area (Å²) in [6.07, 6.45) is 1.74. The number of piperazine rings is 1. The number of carbonyl (C=O) groups is 1. The largest absolute Gasteiger partial charge is 0.493 e. The van der Waals surface area contributed by atoms with Crippen LogP contribution in [-0.4, -0.2) is 81.0 Å². The quantitative estimate of drug-likeness (QED) is 0.228. The van der Waals surface area contributed by atoms with E-state index in [1.807, 2.05) is 29.2 Å². The van der Waals surface area contributed by atoms with Crippen molar-refractivity contribution in [1.82, 2.24) is 14.8 Å². The van der Waals surface area contributed by atoms with Crippen LogP contribution >= 0.6 is 22.6 Å². The standard InChI is InChI=1S/C32H33IN4O5/c1-39-28-16-23(25(33)18-29(28)40-2)32(38)37(27-8-9-34-26-19-31-30(17-24(26)27)41-21-42-31)15-14-35-10-12-36(13-11-35)20-22-6-4-3-5-7-22/h3-9,16-19H,10-15,20-21H2,1-2H3. The third-order valence-corrected chi connectivity index (χ3v) is 8.70. The summed E-state index contributed by atoms with van der Waals surface area (Å²) < 4.78 is 23.0. The predicted molar refractivity (Wildman–Crippen MR) is 170 cm³/mol. The normalized spacial score (nSPS) is 15.1. The molecule has 2 aliphatic heterocycles. The van der Waals surface area contributed by atoms with E-state index in [4.69, 9.17) is 18.9 Å². The lowest BCUT2D eigenvalue weighted by Crippen LogP contribution is -2.48. The highest BCUT2D eigenvalue weighted by Gasteiger charge is 2.27. The molecule has 0 unspecified atom stereocenters. The molecule has 0 N–H and O–H groups in total. The van der Waals surface area contributed by atoms with Gasteiger partial charge in [0.25, 0.3) is 5.91 Å². The molecule has 3 aromatic carbocycles. The number of carbonyl (C=O) groups excluding carboxylic acids is 1. The highest BCUT2D eigenvalue weighted by molar-refractivity contribution is 14.1. The van der Waals surface area contributed by atoms with E-state index in [1.54, 1.807) is 26.5 Å². The number of benzene rings is 3. The van der Waals surface area contributed by atoms with Crippen LogP contribution < -0.4 is 23.8 Å². The molecule has 0 spiro atoms. The summed E-state index contributed by atoms with van der Waals surface area (Å²) in [5.41, 5.74) is 3.40. The van der Waals surface area contributed by atoms with Crippen LogP contribution in [0.2, 0.25) is 0 Å². The molecule has 0 saturated carbocycles. The Morgan fingerprint density at radius 2 is 1.62 bits per heavy atom. The average Bonchev–Trinajstić information content (AvgIpc) is 3.48. The summed E-state index contributed by atoms with van der Waals surface area (Å²) in [6.45, 7) is 6.23. The second kappa shape index (κ2) is 12.7. The first-order chi connectivity index (χ1) is 20.5. The molecule has 2 aliphatic rings. The molecular weight excluding hydrogens is 647 g/mol. The number of hydrogen-bond donors (Lipinski definition) is 0. The third-order valence-electron chi connectivity index (χ3n) is 7.81. The number of methoxy groups -OCH3 is 2. The van der Waals surface area contributed by atoms with Gasteiger partial charge in [0.2, 0.25) is 6.79 Å². The topological polar surface area (TPSA) is 76.6 Å². The van der Waals surface area contributed by atoms with Gasteiger partial charge >= 0.3 is 0 Å². The first kappa shape index (κ1) is 28.5. The minimum Gasteiger partial charge on any atom is -0.493 e. The predicted octanol–water partition coefficient (Wildman–Crippen LogP) is 5.05. The molecule has 9 nitrogen and oxygen atoms in total. The minimum atomic E-state index is -0.117. The molecule has 1 aromatic heterocycles. The maximum Gasteiger partial charge on any atom is 0.259 e. The van der Waals surface area contributed by atoms with Gasteiger partial charge in [-0.2, -0.15) is 0 Å². The summed E-state index contributed by atoms with van der Waals surface area (Å²) in [5.74, 6) is 2.29. The van der Waals surface area contributed by atoms with E-state index < -0.39 is 0 Å².